The Morgan fingerprint density at radius 2 is 2.11 bits per heavy atom. The lowest BCUT2D eigenvalue weighted by Crippen LogP contribution is -2.45. The summed E-state index contributed by atoms with van der Waals surface area (Å²) >= 11 is 1.60. The predicted octanol–water partition coefficient (Wildman–Crippen LogP) is 2.34. The van der Waals surface area contributed by atoms with Crippen molar-refractivity contribution in [2.75, 3.05) is 0 Å². The third kappa shape index (κ3) is 4.05. The molecule has 27 heavy (non-hydrogen) atoms. The number of aromatic nitrogens is 2. The first-order chi connectivity index (χ1) is 12.9. The number of nitrogens with one attached hydrogen (secondary N) is 1. The molecule has 2 aromatic rings. The van der Waals surface area contributed by atoms with Crippen molar-refractivity contribution >= 4 is 33.4 Å². The van der Waals surface area contributed by atoms with Gasteiger partial charge in [-0.2, -0.15) is 0 Å². The van der Waals surface area contributed by atoms with E-state index in [-0.39, 0.29) is 30.3 Å². The number of hydrogen-bond donors (Lipinski definition) is 2. The van der Waals surface area contributed by atoms with E-state index in [9.17, 15) is 19.5 Å². The number of aryl methyl sites for hydroxylation is 3. The van der Waals surface area contributed by atoms with E-state index in [4.69, 9.17) is 0 Å². The topological polar surface area (TPSA) is 101 Å². The van der Waals surface area contributed by atoms with Gasteiger partial charge in [0.25, 0.3) is 5.56 Å². The number of carbonyl (C=O) groups excluding carboxylic acids is 1. The second-order valence-corrected chi connectivity index (χ2v) is 8.24. The normalized spacial score (nSPS) is 15.9. The molecule has 0 radical (unpaired) electrons. The number of aliphatic carboxylic acids is 1. The zero-order chi connectivity index (χ0) is 19.6. The summed E-state index contributed by atoms with van der Waals surface area (Å²) in [6.07, 6.45) is 6.33. The number of carboxylic acids is 1. The molecule has 1 aliphatic rings. The van der Waals surface area contributed by atoms with E-state index in [2.05, 4.69) is 10.3 Å². The molecule has 0 fully saturated rings. The number of amides is 1. The van der Waals surface area contributed by atoms with Crippen LogP contribution in [0.25, 0.3) is 10.2 Å². The number of hydrogen-bond acceptors (Lipinski definition) is 5. The Bertz CT molecular complexity index is 918. The average molecular weight is 391 g/mol. The second kappa shape index (κ2) is 8.21. The number of nitrogens with zero attached hydrogens (tertiary/aromatic N) is 2. The van der Waals surface area contributed by atoms with Crippen molar-refractivity contribution in [2.24, 2.45) is 5.92 Å². The summed E-state index contributed by atoms with van der Waals surface area (Å²) in [5.74, 6) is -1.57. The number of carboxylic acid groups (broad SMARTS) is 1. The summed E-state index contributed by atoms with van der Waals surface area (Å²) in [4.78, 5) is 42.8. The molecule has 0 bridgehead atoms. The van der Waals surface area contributed by atoms with Crippen molar-refractivity contribution in [3.8, 4) is 0 Å². The first-order valence-electron chi connectivity index (χ1n) is 9.44. The van der Waals surface area contributed by atoms with Crippen LogP contribution in [0.1, 0.15) is 50.0 Å². The van der Waals surface area contributed by atoms with Crippen LogP contribution < -0.4 is 10.9 Å². The molecule has 0 unspecified atom stereocenters. The second-order valence-electron chi connectivity index (χ2n) is 7.15. The Morgan fingerprint density at radius 1 is 1.37 bits per heavy atom. The van der Waals surface area contributed by atoms with E-state index in [1.54, 1.807) is 18.3 Å². The van der Waals surface area contributed by atoms with Gasteiger partial charge >= 0.3 is 5.97 Å². The van der Waals surface area contributed by atoms with E-state index >= 15 is 0 Å². The van der Waals surface area contributed by atoms with Crippen molar-refractivity contribution in [1.29, 1.82) is 0 Å². The van der Waals surface area contributed by atoms with E-state index < -0.39 is 12.0 Å². The molecule has 0 aliphatic heterocycles. The molecule has 2 atom stereocenters. The zero-order valence-electron chi connectivity index (χ0n) is 15.7. The molecular weight excluding hydrogens is 366 g/mol. The average Bonchev–Trinajstić information content (AvgIpc) is 3.04. The van der Waals surface area contributed by atoms with Gasteiger partial charge in [-0.15, -0.1) is 11.3 Å². The summed E-state index contributed by atoms with van der Waals surface area (Å²) in [5, 5.41) is 12.5. The third-order valence-electron chi connectivity index (χ3n) is 5.32. The number of rotatable bonds is 7. The minimum atomic E-state index is -1.04. The molecule has 1 aliphatic carbocycles. The summed E-state index contributed by atoms with van der Waals surface area (Å²) in [7, 11) is 0. The van der Waals surface area contributed by atoms with Crippen molar-refractivity contribution in [2.45, 2.75) is 65.0 Å². The highest BCUT2D eigenvalue weighted by Crippen LogP contribution is 2.33. The van der Waals surface area contributed by atoms with Crippen LogP contribution in [0, 0.1) is 5.92 Å². The van der Waals surface area contributed by atoms with Crippen LogP contribution in [0.2, 0.25) is 0 Å². The zero-order valence-corrected chi connectivity index (χ0v) is 16.5. The van der Waals surface area contributed by atoms with Crippen molar-refractivity contribution in [1.82, 2.24) is 14.9 Å². The SMILES string of the molecule is CC[C@H](C)[C@H](NC(=O)CCn1cnc2sc3c(c2c1=O)CCCC3)C(=O)O. The Labute approximate surface area is 161 Å². The van der Waals surface area contributed by atoms with Crippen LogP contribution in [-0.4, -0.2) is 32.6 Å². The van der Waals surface area contributed by atoms with Gasteiger partial charge in [-0.3, -0.25) is 14.2 Å². The molecule has 1 amide bonds. The standard InChI is InChI=1S/C19H25N3O4S/c1-3-11(2)16(19(25)26)21-14(23)8-9-22-10-20-17-15(18(22)24)12-6-4-5-7-13(12)27-17/h10-11,16H,3-9H2,1-2H3,(H,21,23)(H,25,26)/t11-,16-/m0/s1. The molecule has 0 saturated carbocycles. The van der Waals surface area contributed by atoms with Crippen LogP contribution in [0.5, 0.6) is 0 Å². The Balaban J connectivity index is 1.73. The molecule has 0 spiro atoms. The third-order valence-corrected chi connectivity index (χ3v) is 6.52. The van der Waals surface area contributed by atoms with Crippen LogP contribution in [-0.2, 0) is 29.0 Å². The monoisotopic (exact) mass is 391 g/mol. The fourth-order valence-electron chi connectivity index (χ4n) is 3.49. The van der Waals surface area contributed by atoms with Crippen molar-refractivity contribution in [3.63, 3.8) is 0 Å². The van der Waals surface area contributed by atoms with Gasteiger partial charge in [-0.05, 0) is 37.2 Å². The number of fused-ring (bicyclic) bond motifs is 3. The van der Waals surface area contributed by atoms with Gasteiger partial charge in [0.15, 0.2) is 0 Å². The summed E-state index contributed by atoms with van der Waals surface area (Å²) in [6.45, 7) is 3.86. The lowest BCUT2D eigenvalue weighted by atomic mass is 9.97. The highest BCUT2D eigenvalue weighted by atomic mass is 32.1. The minimum absolute atomic E-state index is 0.0413. The molecule has 8 heteroatoms. The minimum Gasteiger partial charge on any atom is -0.480 e. The van der Waals surface area contributed by atoms with Crippen LogP contribution in [0.15, 0.2) is 11.1 Å². The molecule has 146 valence electrons. The maximum atomic E-state index is 12.9. The Kier molecular flexibility index (Phi) is 5.94. The summed E-state index contributed by atoms with van der Waals surface area (Å²) < 4.78 is 1.46. The van der Waals surface area contributed by atoms with E-state index in [0.29, 0.717) is 11.8 Å². The Hall–Kier alpha value is -2.22. The van der Waals surface area contributed by atoms with Gasteiger partial charge in [0.2, 0.25) is 5.91 Å². The smallest absolute Gasteiger partial charge is 0.326 e. The van der Waals surface area contributed by atoms with Crippen LogP contribution >= 0.6 is 11.3 Å². The van der Waals surface area contributed by atoms with E-state index in [1.807, 2.05) is 6.92 Å². The molecule has 2 N–H and O–H groups in total. The summed E-state index contributed by atoms with van der Waals surface area (Å²) in [6, 6.07) is -0.913. The molecule has 7 nitrogen and oxygen atoms in total. The number of carbonyl (C=O) groups is 2. The Morgan fingerprint density at radius 3 is 2.81 bits per heavy atom. The van der Waals surface area contributed by atoms with E-state index in [0.717, 1.165) is 36.1 Å². The van der Waals surface area contributed by atoms with Crippen molar-refractivity contribution in [3.05, 3.63) is 27.1 Å². The van der Waals surface area contributed by atoms with E-state index in [1.165, 1.54) is 15.8 Å². The predicted molar refractivity (Wildman–Crippen MR) is 104 cm³/mol. The van der Waals surface area contributed by atoms with Crippen molar-refractivity contribution < 1.29 is 14.7 Å². The maximum Gasteiger partial charge on any atom is 0.326 e. The van der Waals surface area contributed by atoms with Crippen LogP contribution in [0.4, 0.5) is 0 Å². The van der Waals surface area contributed by atoms with Gasteiger partial charge in [0.1, 0.15) is 10.9 Å². The molecule has 2 aromatic heterocycles. The molecule has 2 heterocycles. The first-order valence-corrected chi connectivity index (χ1v) is 10.3. The number of thiophene rings is 1. The summed E-state index contributed by atoms with van der Waals surface area (Å²) in [5.41, 5.74) is 1.02. The molecule has 0 saturated heterocycles. The lowest BCUT2D eigenvalue weighted by molar-refractivity contribution is -0.143. The molecular formula is C19H25N3O4S. The fourth-order valence-corrected chi connectivity index (χ4v) is 4.71. The van der Waals surface area contributed by atoms with Gasteiger partial charge in [0, 0.05) is 17.8 Å². The first kappa shape index (κ1) is 19.5. The van der Waals surface area contributed by atoms with Gasteiger partial charge in [0.05, 0.1) is 11.7 Å². The molecule has 3 rings (SSSR count). The lowest BCUT2D eigenvalue weighted by Gasteiger charge is -2.20. The van der Waals surface area contributed by atoms with Crippen LogP contribution in [0.3, 0.4) is 0 Å². The van der Waals surface area contributed by atoms with Gasteiger partial charge in [-0.1, -0.05) is 20.3 Å². The highest BCUT2D eigenvalue weighted by molar-refractivity contribution is 7.18. The quantitative estimate of drug-likeness (QED) is 0.754. The van der Waals surface area contributed by atoms with Gasteiger partial charge < -0.3 is 10.4 Å². The molecule has 0 aromatic carbocycles. The largest absolute Gasteiger partial charge is 0.480 e. The fraction of sp³-hybridized carbons (Fsp3) is 0.579. The van der Waals surface area contributed by atoms with Gasteiger partial charge in [-0.25, -0.2) is 9.78 Å². The highest BCUT2D eigenvalue weighted by Gasteiger charge is 2.25. The maximum absolute atomic E-state index is 12.9.